The number of rotatable bonds is 4. The molecular formula is C17H19NO4S. The van der Waals surface area contributed by atoms with Crippen LogP contribution in [0.4, 0.5) is 0 Å². The van der Waals surface area contributed by atoms with Gasteiger partial charge in [0.25, 0.3) is 0 Å². The molecule has 23 heavy (non-hydrogen) atoms. The van der Waals surface area contributed by atoms with Crippen molar-refractivity contribution in [2.24, 2.45) is 0 Å². The van der Waals surface area contributed by atoms with Gasteiger partial charge in [-0.3, -0.25) is 0 Å². The van der Waals surface area contributed by atoms with Gasteiger partial charge in [-0.1, -0.05) is 23.8 Å². The van der Waals surface area contributed by atoms with E-state index in [2.05, 4.69) is 4.72 Å². The first-order chi connectivity index (χ1) is 11.0. The highest BCUT2D eigenvalue weighted by atomic mass is 32.2. The first kappa shape index (κ1) is 15.8. The van der Waals surface area contributed by atoms with Crippen LogP contribution in [0.25, 0.3) is 0 Å². The van der Waals surface area contributed by atoms with Crippen molar-refractivity contribution in [3.8, 4) is 11.5 Å². The Balaban J connectivity index is 1.80. The Hall–Kier alpha value is -2.05. The molecule has 1 N–H and O–H groups in total. The average molecular weight is 333 g/mol. The number of fused-ring (bicyclic) bond motifs is 1. The number of aryl methyl sites for hydroxylation is 1. The third-order valence-corrected chi connectivity index (χ3v) is 5.29. The number of sulfonamides is 1. The second kappa shape index (κ2) is 6.22. The van der Waals surface area contributed by atoms with Crippen LogP contribution in [0.3, 0.4) is 0 Å². The molecule has 1 atom stereocenters. The van der Waals surface area contributed by atoms with Crippen molar-refractivity contribution in [3.63, 3.8) is 0 Å². The molecule has 0 bridgehead atoms. The van der Waals surface area contributed by atoms with E-state index in [9.17, 15) is 8.42 Å². The Kier molecular flexibility index (Phi) is 4.28. The maximum atomic E-state index is 12.4. The van der Waals surface area contributed by atoms with Gasteiger partial charge in [-0.25, -0.2) is 13.1 Å². The van der Waals surface area contributed by atoms with Crippen LogP contribution in [0.1, 0.15) is 24.1 Å². The summed E-state index contributed by atoms with van der Waals surface area (Å²) in [4.78, 5) is 0.257. The van der Waals surface area contributed by atoms with Crippen LogP contribution in [-0.2, 0) is 10.0 Å². The lowest BCUT2D eigenvalue weighted by Crippen LogP contribution is -2.27. The molecule has 1 aliphatic heterocycles. The smallest absolute Gasteiger partial charge is 0.241 e. The summed E-state index contributed by atoms with van der Waals surface area (Å²) in [7, 11) is -3.57. The maximum Gasteiger partial charge on any atom is 0.241 e. The van der Waals surface area contributed by atoms with Crippen LogP contribution in [0, 0.1) is 6.92 Å². The van der Waals surface area contributed by atoms with E-state index in [4.69, 9.17) is 9.47 Å². The first-order valence-corrected chi connectivity index (χ1v) is 8.92. The topological polar surface area (TPSA) is 64.6 Å². The third kappa shape index (κ3) is 3.48. The van der Waals surface area contributed by atoms with Crippen molar-refractivity contribution in [1.82, 2.24) is 4.72 Å². The van der Waals surface area contributed by atoms with Gasteiger partial charge in [-0.05, 0) is 43.7 Å². The molecule has 0 aliphatic carbocycles. The molecule has 5 nitrogen and oxygen atoms in total. The Morgan fingerprint density at radius 1 is 1.00 bits per heavy atom. The molecule has 1 heterocycles. The number of nitrogens with one attached hydrogen (secondary N) is 1. The summed E-state index contributed by atoms with van der Waals surface area (Å²) in [6.45, 7) is 4.75. The zero-order chi connectivity index (χ0) is 16.4. The second-order valence-electron chi connectivity index (χ2n) is 5.56. The lowest BCUT2D eigenvalue weighted by atomic mass is 10.1. The standard InChI is InChI=1S/C17H19NO4S/c1-12-3-6-15(7-4-12)23(19,20)18-13(2)14-5-8-16-17(11-14)22-10-9-21-16/h3-8,11,13,18H,9-10H2,1-2H3/t13-/m0/s1. The molecule has 0 unspecified atom stereocenters. The van der Waals surface area contributed by atoms with Gasteiger partial charge in [0, 0.05) is 6.04 Å². The number of benzene rings is 2. The van der Waals surface area contributed by atoms with E-state index >= 15 is 0 Å². The highest BCUT2D eigenvalue weighted by Crippen LogP contribution is 2.32. The van der Waals surface area contributed by atoms with E-state index in [-0.39, 0.29) is 10.9 Å². The van der Waals surface area contributed by atoms with Gasteiger partial charge < -0.3 is 9.47 Å². The Morgan fingerprint density at radius 2 is 1.65 bits per heavy atom. The summed E-state index contributed by atoms with van der Waals surface area (Å²) in [6, 6.07) is 11.9. The van der Waals surface area contributed by atoms with Crippen molar-refractivity contribution in [2.75, 3.05) is 13.2 Å². The normalized spacial score (nSPS) is 15.2. The highest BCUT2D eigenvalue weighted by molar-refractivity contribution is 7.89. The zero-order valence-corrected chi connectivity index (χ0v) is 13.9. The van der Waals surface area contributed by atoms with Crippen molar-refractivity contribution in [1.29, 1.82) is 0 Å². The molecule has 2 aromatic carbocycles. The monoisotopic (exact) mass is 333 g/mol. The SMILES string of the molecule is Cc1ccc(S(=O)(=O)N[C@@H](C)c2ccc3c(c2)OCCO3)cc1. The summed E-state index contributed by atoms with van der Waals surface area (Å²) in [5.74, 6) is 1.34. The van der Waals surface area contributed by atoms with Gasteiger partial charge >= 0.3 is 0 Å². The van der Waals surface area contributed by atoms with Gasteiger partial charge in [-0.2, -0.15) is 0 Å². The van der Waals surface area contributed by atoms with Gasteiger partial charge in [0.1, 0.15) is 13.2 Å². The molecule has 0 aromatic heterocycles. The minimum Gasteiger partial charge on any atom is -0.486 e. The largest absolute Gasteiger partial charge is 0.486 e. The van der Waals surface area contributed by atoms with E-state index in [0.717, 1.165) is 11.1 Å². The summed E-state index contributed by atoms with van der Waals surface area (Å²) >= 11 is 0. The summed E-state index contributed by atoms with van der Waals surface area (Å²) in [5, 5.41) is 0. The van der Waals surface area contributed by atoms with Crippen molar-refractivity contribution in [2.45, 2.75) is 24.8 Å². The van der Waals surface area contributed by atoms with Gasteiger partial charge in [-0.15, -0.1) is 0 Å². The molecule has 0 saturated carbocycles. The number of hydrogen-bond acceptors (Lipinski definition) is 4. The molecule has 0 fully saturated rings. The fourth-order valence-electron chi connectivity index (χ4n) is 2.42. The lowest BCUT2D eigenvalue weighted by Gasteiger charge is -2.21. The summed E-state index contributed by atoms with van der Waals surface area (Å²) < 4.78 is 38.6. The van der Waals surface area contributed by atoms with E-state index in [1.807, 2.05) is 19.1 Å². The van der Waals surface area contributed by atoms with Crippen LogP contribution in [0.5, 0.6) is 11.5 Å². The Morgan fingerprint density at radius 3 is 2.35 bits per heavy atom. The van der Waals surface area contributed by atoms with E-state index in [0.29, 0.717) is 24.7 Å². The van der Waals surface area contributed by atoms with Gasteiger partial charge in [0.15, 0.2) is 11.5 Å². The van der Waals surface area contributed by atoms with Gasteiger partial charge in [0.2, 0.25) is 10.0 Å². The van der Waals surface area contributed by atoms with Crippen LogP contribution in [0.15, 0.2) is 47.4 Å². The minimum atomic E-state index is -3.57. The molecular weight excluding hydrogens is 314 g/mol. The molecule has 1 aliphatic rings. The molecule has 3 rings (SSSR count). The molecule has 0 radical (unpaired) electrons. The van der Waals surface area contributed by atoms with Gasteiger partial charge in [0.05, 0.1) is 4.90 Å². The molecule has 6 heteroatoms. The average Bonchev–Trinajstić information content (AvgIpc) is 2.54. The Bertz CT molecular complexity index is 800. The fraction of sp³-hybridized carbons (Fsp3) is 0.294. The number of hydrogen-bond donors (Lipinski definition) is 1. The van der Waals surface area contributed by atoms with Crippen molar-refractivity contribution >= 4 is 10.0 Å². The number of ether oxygens (including phenoxy) is 2. The third-order valence-electron chi connectivity index (χ3n) is 3.73. The minimum absolute atomic E-state index is 0.257. The highest BCUT2D eigenvalue weighted by Gasteiger charge is 2.20. The second-order valence-corrected chi connectivity index (χ2v) is 7.27. The lowest BCUT2D eigenvalue weighted by molar-refractivity contribution is 0.171. The molecule has 2 aromatic rings. The zero-order valence-electron chi connectivity index (χ0n) is 13.1. The molecule has 122 valence electrons. The fourth-order valence-corrected chi connectivity index (χ4v) is 3.65. The van der Waals surface area contributed by atoms with E-state index in [1.54, 1.807) is 37.3 Å². The molecule has 0 amide bonds. The van der Waals surface area contributed by atoms with Crippen LogP contribution >= 0.6 is 0 Å². The quantitative estimate of drug-likeness (QED) is 0.934. The summed E-state index contributed by atoms with van der Waals surface area (Å²) in [5.41, 5.74) is 1.84. The first-order valence-electron chi connectivity index (χ1n) is 7.44. The van der Waals surface area contributed by atoms with Crippen LogP contribution < -0.4 is 14.2 Å². The predicted molar refractivity (Wildman–Crippen MR) is 87.3 cm³/mol. The summed E-state index contributed by atoms with van der Waals surface area (Å²) in [6.07, 6.45) is 0. The predicted octanol–water partition coefficient (Wildman–Crippen LogP) is 2.81. The van der Waals surface area contributed by atoms with Crippen LogP contribution in [-0.4, -0.2) is 21.6 Å². The van der Waals surface area contributed by atoms with E-state index < -0.39 is 10.0 Å². The van der Waals surface area contributed by atoms with Crippen molar-refractivity contribution in [3.05, 3.63) is 53.6 Å². The maximum absolute atomic E-state index is 12.4. The molecule has 0 saturated heterocycles. The van der Waals surface area contributed by atoms with Crippen LogP contribution in [0.2, 0.25) is 0 Å². The Labute approximate surface area is 136 Å². The van der Waals surface area contributed by atoms with E-state index in [1.165, 1.54) is 0 Å². The molecule has 0 spiro atoms. The van der Waals surface area contributed by atoms with Crippen molar-refractivity contribution < 1.29 is 17.9 Å².